The summed E-state index contributed by atoms with van der Waals surface area (Å²) in [6, 6.07) is 13.3. The number of nitrogens with one attached hydrogen (secondary N) is 3. The Morgan fingerprint density at radius 3 is 2.25 bits per heavy atom. The third kappa shape index (κ3) is 7.88. The van der Waals surface area contributed by atoms with Crippen LogP contribution in [0.1, 0.15) is 64.6 Å². The number of amides is 1. The van der Waals surface area contributed by atoms with Gasteiger partial charge in [0.1, 0.15) is 11.6 Å². The van der Waals surface area contributed by atoms with Crippen molar-refractivity contribution < 1.29 is 9.90 Å². The van der Waals surface area contributed by atoms with Crippen molar-refractivity contribution in [3.8, 4) is 0 Å². The Bertz CT molecular complexity index is 1220. The maximum absolute atomic E-state index is 13.4. The molecule has 0 atom stereocenters. The van der Waals surface area contributed by atoms with Crippen LogP contribution in [-0.2, 0) is 26.2 Å². The third-order valence-corrected chi connectivity index (χ3v) is 8.49. The molecule has 3 heterocycles. The van der Waals surface area contributed by atoms with E-state index in [-0.39, 0.29) is 12.5 Å². The van der Waals surface area contributed by atoms with E-state index in [1.807, 2.05) is 35.6 Å². The Hall–Kier alpha value is -3.31. The van der Waals surface area contributed by atoms with Crippen LogP contribution in [0, 0.1) is 0 Å². The molecule has 0 spiro atoms. The van der Waals surface area contributed by atoms with Gasteiger partial charge in [-0.15, -0.1) is 11.3 Å². The molecule has 0 aliphatic heterocycles. The molecule has 1 aliphatic rings. The molecule has 0 bridgehead atoms. The van der Waals surface area contributed by atoms with E-state index >= 15 is 0 Å². The normalized spacial score (nSPS) is 17.4. The van der Waals surface area contributed by atoms with Crippen molar-refractivity contribution in [2.75, 3.05) is 13.2 Å². The molecule has 1 fully saturated rings. The van der Waals surface area contributed by atoms with Gasteiger partial charge < -0.3 is 25.3 Å². The van der Waals surface area contributed by atoms with Gasteiger partial charge in [0.25, 0.3) is 5.91 Å². The van der Waals surface area contributed by atoms with Gasteiger partial charge in [-0.05, 0) is 61.2 Å². The fraction of sp³-hybridized carbons (Fsp3) is 0.433. The summed E-state index contributed by atoms with van der Waals surface area (Å²) in [4.78, 5) is 33.8. The molecule has 40 heavy (non-hydrogen) atoms. The summed E-state index contributed by atoms with van der Waals surface area (Å²) in [5, 5.41) is 15.3. The Kier molecular flexibility index (Phi) is 10.1. The summed E-state index contributed by atoms with van der Waals surface area (Å²) in [6.45, 7) is 3.71. The highest BCUT2D eigenvalue weighted by Crippen LogP contribution is 2.26. The summed E-state index contributed by atoms with van der Waals surface area (Å²) in [5.74, 6) is 1.41. The number of aliphatic hydroxyl groups is 1. The fourth-order valence-electron chi connectivity index (χ4n) is 5.45. The molecule has 4 aromatic rings. The monoisotopic (exact) mass is 561 g/mol. The zero-order chi connectivity index (χ0) is 27.6. The highest BCUT2D eigenvalue weighted by atomic mass is 32.1. The van der Waals surface area contributed by atoms with E-state index < -0.39 is 0 Å². The van der Waals surface area contributed by atoms with Crippen LogP contribution in [0.25, 0.3) is 0 Å². The minimum Gasteiger partial charge on any atom is -0.396 e. The molecular formula is C30H39N7O2S. The van der Waals surface area contributed by atoms with Crippen LogP contribution in [-0.4, -0.2) is 66.0 Å². The molecular weight excluding hydrogens is 522 g/mol. The minimum absolute atomic E-state index is 0.0565. The first-order chi connectivity index (χ1) is 19.7. The van der Waals surface area contributed by atoms with Crippen LogP contribution in [0.5, 0.6) is 0 Å². The van der Waals surface area contributed by atoms with Crippen molar-refractivity contribution in [2.45, 2.75) is 70.4 Å². The quantitative estimate of drug-likeness (QED) is 0.182. The smallest absolute Gasteiger partial charge is 0.254 e. The van der Waals surface area contributed by atoms with Crippen LogP contribution < -0.4 is 5.32 Å². The molecule has 1 aromatic carbocycles. The van der Waals surface area contributed by atoms with Crippen LogP contribution in [0.3, 0.4) is 0 Å². The standard InChI is InChI=1S/C30H39N7O2S/c38-17-2-16-36(20-27-3-1-18-40-27)26-10-8-25(9-11-26)35-19-23-4-6-24(7-5-23)30(39)37(21-28-31-12-13-32-28)22-29-33-14-15-34-29/h1,3-7,12-15,18,25-26,35,38H,2,8-11,16-17,19-22H2,(H,31,32)(H,33,34)/t25-,26-. The maximum Gasteiger partial charge on any atom is 0.254 e. The van der Waals surface area contributed by atoms with Gasteiger partial charge in [-0.25, -0.2) is 9.97 Å². The first-order valence-corrected chi connectivity index (χ1v) is 15.0. The first kappa shape index (κ1) is 28.2. The molecule has 5 rings (SSSR count). The first-order valence-electron chi connectivity index (χ1n) is 14.1. The average molecular weight is 562 g/mol. The number of H-pyrrole nitrogens is 2. The molecule has 4 N–H and O–H groups in total. The molecule has 3 aromatic heterocycles. The minimum atomic E-state index is -0.0565. The predicted octanol–water partition coefficient (Wildman–Crippen LogP) is 4.32. The lowest BCUT2D eigenvalue weighted by Crippen LogP contribution is -2.42. The number of rotatable bonds is 14. The summed E-state index contributed by atoms with van der Waals surface area (Å²) in [5.41, 5.74) is 1.82. The maximum atomic E-state index is 13.4. The lowest BCUT2D eigenvalue weighted by molar-refractivity contribution is 0.0721. The summed E-state index contributed by atoms with van der Waals surface area (Å²) >= 11 is 1.81. The number of nitrogens with zero attached hydrogens (tertiary/aromatic N) is 4. The largest absolute Gasteiger partial charge is 0.396 e. The highest BCUT2D eigenvalue weighted by Gasteiger charge is 2.26. The van der Waals surface area contributed by atoms with Gasteiger partial charge in [-0.1, -0.05) is 18.2 Å². The Morgan fingerprint density at radius 2 is 1.68 bits per heavy atom. The zero-order valence-corrected chi connectivity index (χ0v) is 23.7. The topological polar surface area (TPSA) is 113 Å². The van der Waals surface area contributed by atoms with E-state index in [2.05, 4.69) is 47.7 Å². The number of hydrogen-bond donors (Lipinski definition) is 4. The average Bonchev–Trinajstić information content (AvgIpc) is 3.79. The fourth-order valence-corrected chi connectivity index (χ4v) is 6.18. The number of aromatic nitrogens is 4. The third-order valence-electron chi connectivity index (χ3n) is 7.63. The number of thiophene rings is 1. The summed E-state index contributed by atoms with van der Waals surface area (Å²) in [6.07, 6.45) is 12.4. The van der Waals surface area contributed by atoms with Gasteiger partial charge in [0.2, 0.25) is 0 Å². The van der Waals surface area contributed by atoms with E-state index in [4.69, 9.17) is 0 Å². The number of hydrogen-bond acceptors (Lipinski definition) is 7. The van der Waals surface area contributed by atoms with Gasteiger partial charge >= 0.3 is 0 Å². The van der Waals surface area contributed by atoms with Crippen LogP contribution >= 0.6 is 11.3 Å². The lowest BCUT2D eigenvalue weighted by Gasteiger charge is -2.37. The van der Waals surface area contributed by atoms with E-state index in [0.29, 0.717) is 30.7 Å². The van der Waals surface area contributed by atoms with E-state index in [1.54, 1.807) is 29.7 Å². The van der Waals surface area contributed by atoms with Gasteiger partial charge in [0, 0.05) is 73.6 Å². The lowest BCUT2D eigenvalue weighted by atomic mass is 9.89. The van der Waals surface area contributed by atoms with Gasteiger partial charge in [0.05, 0.1) is 13.1 Å². The van der Waals surface area contributed by atoms with Crippen molar-refractivity contribution in [1.29, 1.82) is 0 Å². The molecule has 0 saturated heterocycles. The second kappa shape index (κ2) is 14.4. The molecule has 0 unspecified atom stereocenters. The van der Waals surface area contributed by atoms with Crippen molar-refractivity contribution in [1.82, 2.24) is 35.1 Å². The Morgan fingerprint density at radius 1 is 0.975 bits per heavy atom. The molecule has 1 aliphatic carbocycles. The van der Waals surface area contributed by atoms with Crippen LogP contribution in [0.15, 0.2) is 66.6 Å². The second-order valence-electron chi connectivity index (χ2n) is 10.4. The SMILES string of the molecule is O=C(c1ccc(CN[C@H]2CC[C@H](N(CCCO)Cc3cccs3)CC2)cc1)N(Cc1ncc[nH]1)Cc1ncc[nH]1. The number of aromatic amines is 2. The van der Waals surface area contributed by atoms with Gasteiger partial charge in [0.15, 0.2) is 0 Å². The molecule has 9 nitrogen and oxygen atoms in total. The van der Waals surface area contributed by atoms with Crippen LogP contribution in [0.2, 0.25) is 0 Å². The number of aliphatic hydroxyl groups excluding tert-OH is 1. The van der Waals surface area contributed by atoms with E-state index in [9.17, 15) is 9.90 Å². The van der Waals surface area contributed by atoms with Gasteiger partial charge in [-0.3, -0.25) is 9.69 Å². The number of benzene rings is 1. The van der Waals surface area contributed by atoms with E-state index in [1.165, 1.54) is 23.3 Å². The molecule has 10 heteroatoms. The van der Waals surface area contributed by atoms with Crippen molar-refractivity contribution in [3.05, 3.63) is 94.2 Å². The summed E-state index contributed by atoms with van der Waals surface area (Å²) in [7, 11) is 0. The van der Waals surface area contributed by atoms with Crippen molar-refractivity contribution in [2.24, 2.45) is 0 Å². The molecule has 212 valence electrons. The van der Waals surface area contributed by atoms with Crippen LogP contribution in [0.4, 0.5) is 0 Å². The van der Waals surface area contributed by atoms with E-state index in [0.717, 1.165) is 50.5 Å². The zero-order valence-electron chi connectivity index (χ0n) is 22.8. The van der Waals surface area contributed by atoms with Crippen molar-refractivity contribution in [3.63, 3.8) is 0 Å². The number of carbonyl (C=O) groups excluding carboxylic acids is 1. The molecule has 1 saturated carbocycles. The Balaban J connectivity index is 1.11. The van der Waals surface area contributed by atoms with Gasteiger partial charge in [-0.2, -0.15) is 0 Å². The van der Waals surface area contributed by atoms with Crippen molar-refractivity contribution >= 4 is 17.2 Å². The molecule has 0 radical (unpaired) electrons. The summed E-state index contributed by atoms with van der Waals surface area (Å²) < 4.78 is 0. The molecule has 1 amide bonds. The Labute approximate surface area is 239 Å². The number of imidazole rings is 2. The number of carbonyl (C=O) groups is 1. The predicted molar refractivity (Wildman–Crippen MR) is 157 cm³/mol. The second-order valence-corrected chi connectivity index (χ2v) is 11.5. The highest BCUT2D eigenvalue weighted by molar-refractivity contribution is 7.09.